The van der Waals surface area contributed by atoms with Gasteiger partial charge in [0.15, 0.2) is 6.61 Å². The Morgan fingerprint density at radius 3 is 2.41 bits per heavy atom. The number of amides is 2. The minimum Gasteiger partial charge on any atom is -0.484 e. The Balaban J connectivity index is 2.18. The third-order valence-corrected chi connectivity index (χ3v) is 5.03. The summed E-state index contributed by atoms with van der Waals surface area (Å²) >= 11 is 12.1. The number of rotatable bonds is 8. The number of hydrogen-bond donors (Lipinski definition) is 1. The molecule has 0 spiro atoms. The van der Waals surface area contributed by atoms with Gasteiger partial charge >= 0.3 is 0 Å². The Kier molecular flexibility index (Phi) is 8.35. The van der Waals surface area contributed by atoms with E-state index in [2.05, 4.69) is 5.32 Å². The molecule has 0 bridgehead atoms. The van der Waals surface area contributed by atoms with Crippen molar-refractivity contribution in [1.29, 1.82) is 0 Å². The van der Waals surface area contributed by atoms with Crippen LogP contribution in [0.15, 0.2) is 42.5 Å². The van der Waals surface area contributed by atoms with E-state index in [1.54, 1.807) is 31.2 Å². The standard InChI is InChI=1S/C22H26Cl2N2O3/c1-14(2)25-22(28)16(4)26(12-17-8-9-19(23)20(24)11-17)21(27)13-29-18-7-5-6-15(3)10-18/h5-11,14,16H,12-13H2,1-4H3,(H,25,28)/t16-/m1/s1. The summed E-state index contributed by atoms with van der Waals surface area (Å²) in [6, 6.07) is 11.9. The minimum atomic E-state index is -0.680. The van der Waals surface area contributed by atoms with Gasteiger partial charge in [0.2, 0.25) is 5.91 Å². The molecule has 0 radical (unpaired) electrons. The first-order valence-electron chi connectivity index (χ1n) is 9.40. The number of aryl methyl sites for hydroxylation is 1. The number of ether oxygens (including phenoxy) is 1. The number of halogens is 2. The van der Waals surface area contributed by atoms with Gasteiger partial charge in [-0.05, 0) is 63.1 Å². The Morgan fingerprint density at radius 1 is 1.07 bits per heavy atom. The maximum absolute atomic E-state index is 13.0. The number of nitrogens with zero attached hydrogens (tertiary/aromatic N) is 1. The molecule has 0 aliphatic rings. The summed E-state index contributed by atoms with van der Waals surface area (Å²) in [4.78, 5) is 27.0. The van der Waals surface area contributed by atoms with Crippen molar-refractivity contribution < 1.29 is 14.3 Å². The fraction of sp³-hybridized carbons (Fsp3) is 0.364. The predicted molar refractivity (Wildman–Crippen MR) is 116 cm³/mol. The molecule has 7 heteroatoms. The van der Waals surface area contributed by atoms with Gasteiger partial charge in [-0.3, -0.25) is 9.59 Å². The van der Waals surface area contributed by atoms with Gasteiger partial charge in [0, 0.05) is 12.6 Å². The van der Waals surface area contributed by atoms with Gasteiger partial charge in [-0.15, -0.1) is 0 Å². The van der Waals surface area contributed by atoms with E-state index in [4.69, 9.17) is 27.9 Å². The predicted octanol–water partition coefficient (Wildman–Crippen LogP) is 4.62. The smallest absolute Gasteiger partial charge is 0.261 e. The molecule has 0 fully saturated rings. The van der Waals surface area contributed by atoms with Crippen LogP contribution in [-0.4, -0.2) is 35.4 Å². The lowest BCUT2D eigenvalue weighted by atomic mass is 10.1. The van der Waals surface area contributed by atoms with Crippen LogP contribution in [0.4, 0.5) is 0 Å². The second-order valence-electron chi connectivity index (χ2n) is 7.21. The monoisotopic (exact) mass is 436 g/mol. The van der Waals surface area contributed by atoms with Crippen LogP contribution in [0, 0.1) is 6.92 Å². The van der Waals surface area contributed by atoms with E-state index in [0.717, 1.165) is 11.1 Å². The van der Waals surface area contributed by atoms with Gasteiger partial charge in [0.25, 0.3) is 5.91 Å². The van der Waals surface area contributed by atoms with Crippen LogP contribution >= 0.6 is 23.2 Å². The first-order chi connectivity index (χ1) is 13.7. The van der Waals surface area contributed by atoms with E-state index < -0.39 is 6.04 Å². The second kappa shape index (κ2) is 10.5. The zero-order valence-corrected chi connectivity index (χ0v) is 18.6. The minimum absolute atomic E-state index is 0.0320. The molecular weight excluding hydrogens is 411 g/mol. The summed E-state index contributed by atoms with van der Waals surface area (Å²) < 4.78 is 5.65. The topological polar surface area (TPSA) is 58.6 Å². The van der Waals surface area contributed by atoms with E-state index in [9.17, 15) is 9.59 Å². The number of hydrogen-bond acceptors (Lipinski definition) is 3. The maximum atomic E-state index is 13.0. The van der Waals surface area contributed by atoms with Crippen LogP contribution in [0.1, 0.15) is 31.9 Å². The summed E-state index contributed by atoms with van der Waals surface area (Å²) in [5.74, 6) is 0.0695. The van der Waals surface area contributed by atoms with E-state index in [-0.39, 0.29) is 31.0 Å². The van der Waals surface area contributed by atoms with Crippen LogP contribution in [0.3, 0.4) is 0 Å². The Labute approximate surface area is 181 Å². The van der Waals surface area contributed by atoms with Crippen LogP contribution in [0.5, 0.6) is 5.75 Å². The molecule has 0 aliphatic heterocycles. The highest BCUT2D eigenvalue weighted by Gasteiger charge is 2.27. The van der Waals surface area contributed by atoms with Gasteiger partial charge < -0.3 is 15.0 Å². The van der Waals surface area contributed by atoms with Crippen molar-refractivity contribution in [3.63, 3.8) is 0 Å². The molecule has 1 atom stereocenters. The second-order valence-corrected chi connectivity index (χ2v) is 8.03. The molecule has 2 rings (SSSR count). The van der Waals surface area contributed by atoms with Gasteiger partial charge in [-0.2, -0.15) is 0 Å². The Hall–Kier alpha value is -2.24. The third-order valence-electron chi connectivity index (χ3n) is 4.29. The lowest BCUT2D eigenvalue weighted by molar-refractivity contribution is -0.142. The van der Waals surface area contributed by atoms with Crippen molar-refractivity contribution in [3.8, 4) is 5.75 Å². The molecule has 29 heavy (non-hydrogen) atoms. The summed E-state index contributed by atoms with van der Waals surface area (Å²) in [7, 11) is 0. The van der Waals surface area contributed by atoms with Crippen molar-refractivity contribution in [2.75, 3.05) is 6.61 Å². The van der Waals surface area contributed by atoms with Gasteiger partial charge in [-0.1, -0.05) is 41.4 Å². The number of nitrogens with one attached hydrogen (secondary N) is 1. The fourth-order valence-electron chi connectivity index (χ4n) is 2.76. The first kappa shape index (κ1) is 23.0. The molecule has 0 aromatic heterocycles. The maximum Gasteiger partial charge on any atom is 0.261 e. The highest BCUT2D eigenvalue weighted by molar-refractivity contribution is 6.42. The summed E-state index contributed by atoms with van der Waals surface area (Å²) in [5.41, 5.74) is 1.81. The highest BCUT2D eigenvalue weighted by Crippen LogP contribution is 2.24. The molecule has 2 amide bonds. The first-order valence-corrected chi connectivity index (χ1v) is 10.2. The molecule has 0 heterocycles. The number of benzene rings is 2. The van der Waals surface area contributed by atoms with E-state index in [1.807, 2.05) is 39.0 Å². The van der Waals surface area contributed by atoms with Crippen molar-refractivity contribution in [3.05, 3.63) is 63.6 Å². The third kappa shape index (κ3) is 6.94. The summed E-state index contributed by atoms with van der Waals surface area (Å²) in [6.07, 6.45) is 0. The number of carbonyl (C=O) groups excluding carboxylic acids is 2. The Bertz CT molecular complexity index is 871. The average molecular weight is 437 g/mol. The largest absolute Gasteiger partial charge is 0.484 e. The highest BCUT2D eigenvalue weighted by atomic mass is 35.5. The quantitative estimate of drug-likeness (QED) is 0.656. The summed E-state index contributed by atoms with van der Waals surface area (Å²) in [5, 5.41) is 3.67. The average Bonchev–Trinajstić information content (AvgIpc) is 2.66. The van der Waals surface area contributed by atoms with Crippen molar-refractivity contribution >= 4 is 35.0 Å². The molecule has 5 nitrogen and oxygen atoms in total. The molecule has 0 saturated carbocycles. The zero-order chi connectivity index (χ0) is 21.6. The lowest BCUT2D eigenvalue weighted by Crippen LogP contribution is -2.50. The SMILES string of the molecule is Cc1cccc(OCC(=O)N(Cc2ccc(Cl)c(Cl)c2)[C@H](C)C(=O)NC(C)C)c1. The molecular formula is C22H26Cl2N2O3. The number of carbonyl (C=O) groups is 2. The van der Waals surface area contributed by atoms with E-state index in [1.165, 1.54) is 4.90 Å². The van der Waals surface area contributed by atoms with Crippen molar-refractivity contribution in [2.45, 2.75) is 46.3 Å². The zero-order valence-electron chi connectivity index (χ0n) is 17.0. The molecule has 0 aliphatic carbocycles. The molecule has 2 aromatic carbocycles. The van der Waals surface area contributed by atoms with Crippen LogP contribution in [0.25, 0.3) is 0 Å². The molecule has 0 saturated heterocycles. The molecule has 1 N–H and O–H groups in total. The molecule has 2 aromatic rings. The van der Waals surface area contributed by atoms with Gasteiger partial charge in [0.05, 0.1) is 10.0 Å². The van der Waals surface area contributed by atoms with Gasteiger partial charge in [0.1, 0.15) is 11.8 Å². The molecule has 0 unspecified atom stereocenters. The van der Waals surface area contributed by atoms with Crippen LogP contribution in [0.2, 0.25) is 10.0 Å². The van der Waals surface area contributed by atoms with Gasteiger partial charge in [-0.25, -0.2) is 0 Å². The molecule has 156 valence electrons. The normalized spacial score (nSPS) is 11.8. The van der Waals surface area contributed by atoms with E-state index >= 15 is 0 Å². The van der Waals surface area contributed by atoms with Crippen LogP contribution in [-0.2, 0) is 16.1 Å². The fourth-order valence-corrected chi connectivity index (χ4v) is 3.08. The van der Waals surface area contributed by atoms with Crippen molar-refractivity contribution in [1.82, 2.24) is 10.2 Å². The lowest BCUT2D eigenvalue weighted by Gasteiger charge is -2.29. The van der Waals surface area contributed by atoms with E-state index in [0.29, 0.717) is 15.8 Å². The summed E-state index contributed by atoms with van der Waals surface area (Å²) in [6.45, 7) is 7.42. The van der Waals surface area contributed by atoms with Crippen LogP contribution < -0.4 is 10.1 Å². The Morgan fingerprint density at radius 2 is 1.79 bits per heavy atom. The van der Waals surface area contributed by atoms with Crippen molar-refractivity contribution in [2.24, 2.45) is 0 Å².